The third-order valence-corrected chi connectivity index (χ3v) is 3.27. The van der Waals surface area contributed by atoms with Gasteiger partial charge in [-0.05, 0) is 37.3 Å². The maximum absolute atomic E-state index is 12.5. The van der Waals surface area contributed by atoms with Crippen LogP contribution in [0.5, 0.6) is 0 Å². The number of benzene rings is 1. The van der Waals surface area contributed by atoms with E-state index in [1.807, 2.05) is 19.1 Å². The molecule has 0 aliphatic carbocycles. The number of hydrazone groups is 1. The molecule has 1 aromatic heterocycles. The Kier molecular flexibility index (Phi) is 3.90. The molecule has 1 N–H and O–H groups in total. The van der Waals surface area contributed by atoms with Crippen molar-refractivity contribution in [2.75, 3.05) is 5.43 Å². The van der Waals surface area contributed by atoms with Crippen LogP contribution in [0.1, 0.15) is 15.3 Å². The molecular weight excluding hydrogens is 273 g/mol. The summed E-state index contributed by atoms with van der Waals surface area (Å²) in [7, 11) is 0. The number of anilines is 1. The molecule has 2 aromatic rings. The van der Waals surface area contributed by atoms with Gasteiger partial charge >= 0.3 is 6.18 Å². The van der Waals surface area contributed by atoms with E-state index in [1.54, 1.807) is 17.6 Å². The van der Waals surface area contributed by atoms with Gasteiger partial charge in [-0.15, -0.1) is 11.3 Å². The Labute approximate surface area is 112 Å². The first-order valence-electron chi connectivity index (χ1n) is 5.48. The predicted molar refractivity (Wildman–Crippen MR) is 71.7 cm³/mol. The Balaban J connectivity index is 2.06. The molecule has 0 saturated carbocycles. The number of rotatable bonds is 3. The Morgan fingerprint density at radius 3 is 2.63 bits per heavy atom. The summed E-state index contributed by atoms with van der Waals surface area (Å²) in [5.74, 6) is 0. The molecule has 0 aliphatic rings. The van der Waals surface area contributed by atoms with E-state index in [1.165, 1.54) is 12.1 Å². The SMILES string of the molecule is Cc1ccc(/C=N\Nc2cccc(C(F)(F)F)c2)s1. The van der Waals surface area contributed by atoms with E-state index in [4.69, 9.17) is 0 Å². The molecule has 0 fully saturated rings. The van der Waals surface area contributed by atoms with Crippen molar-refractivity contribution >= 4 is 23.2 Å². The second-order valence-electron chi connectivity index (χ2n) is 3.90. The van der Waals surface area contributed by atoms with Gasteiger partial charge in [0.2, 0.25) is 0 Å². The highest BCUT2D eigenvalue weighted by atomic mass is 32.1. The lowest BCUT2D eigenvalue weighted by Gasteiger charge is -2.07. The molecular formula is C13H11F3N2S. The molecule has 100 valence electrons. The second-order valence-corrected chi connectivity index (χ2v) is 5.22. The lowest BCUT2D eigenvalue weighted by Crippen LogP contribution is -2.05. The van der Waals surface area contributed by atoms with E-state index in [0.717, 1.165) is 21.9 Å². The average molecular weight is 284 g/mol. The van der Waals surface area contributed by atoms with Crippen molar-refractivity contribution < 1.29 is 13.2 Å². The van der Waals surface area contributed by atoms with Crippen molar-refractivity contribution in [1.29, 1.82) is 0 Å². The molecule has 0 saturated heterocycles. The highest BCUT2D eigenvalue weighted by molar-refractivity contribution is 7.13. The van der Waals surface area contributed by atoms with Gasteiger partial charge in [-0.1, -0.05) is 6.07 Å². The third-order valence-electron chi connectivity index (χ3n) is 2.34. The number of hydrogen-bond donors (Lipinski definition) is 1. The number of halogens is 3. The first-order valence-corrected chi connectivity index (χ1v) is 6.29. The molecule has 6 heteroatoms. The lowest BCUT2D eigenvalue weighted by molar-refractivity contribution is -0.137. The number of hydrogen-bond acceptors (Lipinski definition) is 3. The van der Waals surface area contributed by atoms with Crippen molar-refractivity contribution in [2.45, 2.75) is 13.1 Å². The van der Waals surface area contributed by atoms with E-state index in [0.29, 0.717) is 5.69 Å². The minimum atomic E-state index is -4.34. The Hall–Kier alpha value is -1.82. The van der Waals surface area contributed by atoms with Gasteiger partial charge in [0.15, 0.2) is 0 Å². The Bertz CT molecular complexity index is 588. The summed E-state index contributed by atoms with van der Waals surface area (Å²) in [5.41, 5.74) is 2.20. The minimum Gasteiger partial charge on any atom is -0.278 e. The zero-order valence-corrected chi connectivity index (χ0v) is 10.8. The summed E-state index contributed by atoms with van der Waals surface area (Å²) in [6.07, 6.45) is -2.76. The fourth-order valence-corrected chi connectivity index (χ4v) is 2.21. The number of nitrogens with zero attached hydrogens (tertiary/aromatic N) is 1. The molecule has 2 nitrogen and oxygen atoms in total. The molecule has 1 heterocycles. The molecule has 0 bridgehead atoms. The summed E-state index contributed by atoms with van der Waals surface area (Å²) in [4.78, 5) is 2.09. The van der Waals surface area contributed by atoms with Crippen LogP contribution < -0.4 is 5.43 Å². The smallest absolute Gasteiger partial charge is 0.278 e. The summed E-state index contributed by atoms with van der Waals surface area (Å²) in [6, 6.07) is 8.78. The first-order chi connectivity index (χ1) is 8.95. The fourth-order valence-electron chi connectivity index (χ4n) is 1.46. The van der Waals surface area contributed by atoms with E-state index < -0.39 is 11.7 Å². The quantitative estimate of drug-likeness (QED) is 0.650. The van der Waals surface area contributed by atoms with Crippen LogP contribution >= 0.6 is 11.3 Å². The monoisotopic (exact) mass is 284 g/mol. The van der Waals surface area contributed by atoms with E-state index in [-0.39, 0.29) is 0 Å². The Morgan fingerprint density at radius 1 is 1.21 bits per heavy atom. The number of aryl methyl sites for hydroxylation is 1. The lowest BCUT2D eigenvalue weighted by atomic mass is 10.2. The number of nitrogens with one attached hydrogen (secondary N) is 1. The topological polar surface area (TPSA) is 24.4 Å². The van der Waals surface area contributed by atoms with Crippen LogP contribution in [-0.4, -0.2) is 6.21 Å². The van der Waals surface area contributed by atoms with Gasteiger partial charge in [0, 0.05) is 9.75 Å². The van der Waals surface area contributed by atoms with Crippen molar-refractivity contribution in [1.82, 2.24) is 0 Å². The molecule has 2 rings (SSSR count). The van der Waals surface area contributed by atoms with Gasteiger partial charge in [-0.2, -0.15) is 18.3 Å². The van der Waals surface area contributed by atoms with Gasteiger partial charge in [-0.3, -0.25) is 5.43 Å². The van der Waals surface area contributed by atoms with Crippen molar-refractivity contribution in [3.63, 3.8) is 0 Å². The van der Waals surface area contributed by atoms with E-state index in [9.17, 15) is 13.2 Å². The first kappa shape index (κ1) is 13.6. The molecule has 1 aromatic carbocycles. The molecule has 0 amide bonds. The van der Waals surface area contributed by atoms with Crippen molar-refractivity contribution in [3.05, 3.63) is 51.7 Å². The van der Waals surface area contributed by atoms with Crippen LogP contribution in [0.4, 0.5) is 18.9 Å². The third kappa shape index (κ3) is 3.82. The summed E-state index contributed by atoms with van der Waals surface area (Å²) < 4.78 is 37.5. The van der Waals surface area contributed by atoms with Crippen LogP contribution in [0.15, 0.2) is 41.5 Å². The molecule has 0 atom stereocenters. The fraction of sp³-hybridized carbons (Fsp3) is 0.154. The zero-order chi connectivity index (χ0) is 13.9. The molecule has 0 unspecified atom stereocenters. The highest BCUT2D eigenvalue weighted by Gasteiger charge is 2.30. The maximum atomic E-state index is 12.5. The Morgan fingerprint density at radius 2 is 2.00 bits per heavy atom. The van der Waals surface area contributed by atoms with Gasteiger partial charge in [0.25, 0.3) is 0 Å². The molecule has 0 aliphatic heterocycles. The van der Waals surface area contributed by atoms with Crippen molar-refractivity contribution in [2.24, 2.45) is 5.10 Å². The number of thiophene rings is 1. The van der Waals surface area contributed by atoms with Crippen LogP contribution in [0.25, 0.3) is 0 Å². The van der Waals surface area contributed by atoms with E-state index in [2.05, 4.69) is 10.5 Å². The van der Waals surface area contributed by atoms with Crippen LogP contribution in [0.3, 0.4) is 0 Å². The van der Waals surface area contributed by atoms with E-state index >= 15 is 0 Å². The second kappa shape index (κ2) is 5.44. The van der Waals surface area contributed by atoms with Crippen LogP contribution in [-0.2, 0) is 6.18 Å². The molecule has 0 spiro atoms. The average Bonchev–Trinajstić information content (AvgIpc) is 2.74. The van der Waals surface area contributed by atoms with Gasteiger partial charge < -0.3 is 0 Å². The summed E-state index contributed by atoms with van der Waals surface area (Å²) in [5, 5.41) is 3.92. The largest absolute Gasteiger partial charge is 0.416 e. The number of alkyl halides is 3. The normalized spacial score (nSPS) is 12.0. The molecule has 0 radical (unpaired) electrons. The van der Waals surface area contributed by atoms with Crippen molar-refractivity contribution in [3.8, 4) is 0 Å². The predicted octanol–water partition coefficient (Wildman–Crippen LogP) is 4.52. The zero-order valence-electron chi connectivity index (χ0n) is 10.0. The summed E-state index contributed by atoms with van der Waals surface area (Å²) in [6.45, 7) is 1.97. The minimum absolute atomic E-state index is 0.305. The highest BCUT2D eigenvalue weighted by Crippen LogP contribution is 2.30. The van der Waals surface area contributed by atoms with Crippen LogP contribution in [0, 0.1) is 6.92 Å². The van der Waals surface area contributed by atoms with Gasteiger partial charge in [0.1, 0.15) is 0 Å². The summed E-state index contributed by atoms with van der Waals surface area (Å²) >= 11 is 1.56. The van der Waals surface area contributed by atoms with Crippen LogP contribution in [0.2, 0.25) is 0 Å². The van der Waals surface area contributed by atoms with Gasteiger partial charge in [0.05, 0.1) is 17.5 Å². The molecule has 19 heavy (non-hydrogen) atoms. The van der Waals surface area contributed by atoms with Gasteiger partial charge in [-0.25, -0.2) is 0 Å². The standard InChI is InChI=1S/C13H11F3N2S/c1-9-5-6-12(19-9)8-17-18-11-4-2-3-10(7-11)13(14,15)16/h2-8,18H,1H3/b17-8-. The maximum Gasteiger partial charge on any atom is 0.416 e.